The smallest absolute Gasteiger partial charge is 0.310 e. The fourth-order valence-electron chi connectivity index (χ4n) is 3.30. The molecule has 6 nitrogen and oxygen atoms in total. The van der Waals surface area contributed by atoms with Crippen LogP contribution in [-0.4, -0.2) is 52.2 Å². The van der Waals surface area contributed by atoms with Gasteiger partial charge in [0.1, 0.15) is 12.2 Å². The Kier molecular flexibility index (Phi) is 8.70. The van der Waals surface area contributed by atoms with Crippen molar-refractivity contribution in [2.24, 2.45) is 0 Å². The van der Waals surface area contributed by atoms with E-state index in [-0.39, 0.29) is 12.2 Å². The molecule has 0 bridgehead atoms. The van der Waals surface area contributed by atoms with E-state index < -0.39 is 0 Å². The van der Waals surface area contributed by atoms with Crippen molar-refractivity contribution in [3.8, 4) is 5.88 Å². The molecular formula is C20H34N3O3S+. The molecule has 0 fully saturated rings. The molecule has 1 unspecified atom stereocenters. The van der Waals surface area contributed by atoms with Crippen molar-refractivity contribution >= 4 is 23.3 Å². The first-order chi connectivity index (χ1) is 13.0. The third kappa shape index (κ3) is 6.28. The van der Waals surface area contributed by atoms with Crippen molar-refractivity contribution in [2.75, 3.05) is 26.7 Å². The van der Waals surface area contributed by atoms with Crippen LogP contribution in [0.1, 0.15) is 71.4 Å². The fourth-order valence-corrected chi connectivity index (χ4v) is 3.83. The molecule has 2 rings (SSSR count). The Hall–Kier alpha value is -1.47. The number of quaternary nitrogens is 1. The van der Waals surface area contributed by atoms with Crippen LogP contribution in [0.25, 0.3) is 5.57 Å². The minimum Gasteiger partial charge on any atom is -0.475 e. The second-order valence-corrected chi connectivity index (χ2v) is 8.07. The van der Waals surface area contributed by atoms with Crippen LogP contribution in [0.3, 0.4) is 0 Å². The van der Waals surface area contributed by atoms with Gasteiger partial charge in [0, 0.05) is 25.3 Å². The highest BCUT2D eigenvalue weighted by Gasteiger charge is 2.36. The molecule has 0 amide bonds. The summed E-state index contributed by atoms with van der Waals surface area (Å²) in [5, 5.41) is 0. The van der Waals surface area contributed by atoms with E-state index in [1.165, 1.54) is 31.0 Å². The average molecular weight is 397 g/mol. The number of hydrogen-bond donors (Lipinski definition) is 0. The Morgan fingerprint density at radius 1 is 1.26 bits per heavy atom. The van der Waals surface area contributed by atoms with Crippen molar-refractivity contribution in [2.45, 2.75) is 71.9 Å². The van der Waals surface area contributed by atoms with E-state index in [4.69, 9.17) is 9.47 Å². The number of carbonyl (C=O) groups excluding carboxylic acids is 1. The lowest BCUT2D eigenvalue weighted by molar-refractivity contribution is -0.944. The van der Waals surface area contributed by atoms with Crippen LogP contribution in [0.15, 0.2) is 6.08 Å². The summed E-state index contributed by atoms with van der Waals surface area (Å²) >= 11 is 1.20. The van der Waals surface area contributed by atoms with Gasteiger partial charge in [-0.25, -0.2) is 0 Å². The molecule has 152 valence electrons. The number of esters is 1. The summed E-state index contributed by atoms with van der Waals surface area (Å²) < 4.78 is 21.1. The zero-order valence-electron chi connectivity index (χ0n) is 17.2. The molecule has 0 aliphatic carbocycles. The average Bonchev–Trinajstić information content (AvgIpc) is 3.10. The molecule has 0 saturated carbocycles. The van der Waals surface area contributed by atoms with E-state index in [0.29, 0.717) is 23.4 Å². The Labute approximate surface area is 167 Å². The van der Waals surface area contributed by atoms with Gasteiger partial charge in [0.15, 0.2) is 0 Å². The summed E-state index contributed by atoms with van der Waals surface area (Å²) in [6.45, 7) is 8.56. The predicted octanol–water partition coefficient (Wildman–Crippen LogP) is 4.42. The lowest BCUT2D eigenvalue weighted by atomic mass is 10.0. The first kappa shape index (κ1) is 21.8. The molecular weight excluding hydrogens is 362 g/mol. The normalized spacial score (nSPS) is 20.8. The molecule has 2 heterocycles. The monoisotopic (exact) mass is 396 g/mol. The topological polar surface area (TPSA) is 61.3 Å². The molecule has 0 radical (unpaired) electrons. The molecule has 2 atom stereocenters. The van der Waals surface area contributed by atoms with Gasteiger partial charge < -0.3 is 9.47 Å². The second-order valence-electron chi connectivity index (χ2n) is 7.55. The predicted molar refractivity (Wildman–Crippen MR) is 109 cm³/mol. The maximum atomic E-state index is 11.9. The summed E-state index contributed by atoms with van der Waals surface area (Å²) in [6.07, 6.45) is 8.93. The molecule has 0 spiro atoms. The highest BCUT2D eigenvalue weighted by atomic mass is 32.1. The van der Waals surface area contributed by atoms with Gasteiger partial charge in [-0.1, -0.05) is 39.2 Å². The van der Waals surface area contributed by atoms with Crippen LogP contribution in [0.2, 0.25) is 0 Å². The van der Waals surface area contributed by atoms with Crippen molar-refractivity contribution in [1.29, 1.82) is 0 Å². The fraction of sp³-hybridized carbons (Fsp3) is 0.750. The lowest BCUT2D eigenvalue weighted by Gasteiger charge is -2.41. The summed E-state index contributed by atoms with van der Waals surface area (Å²) in [5.41, 5.74) is 1.99. The zero-order chi connectivity index (χ0) is 19.7. The van der Waals surface area contributed by atoms with Gasteiger partial charge >= 0.3 is 5.97 Å². The SMILES string of the molecule is CCCCCCOc1nsnc1C1=CCC[N+](C)([C@H](C)OC(=O)CCC)C1. The first-order valence-corrected chi connectivity index (χ1v) is 10.9. The van der Waals surface area contributed by atoms with Crippen LogP contribution in [0, 0.1) is 0 Å². The molecule has 0 N–H and O–H groups in total. The number of aromatic nitrogens is 2. The number of unbranched alkanes of at least 4 members (excludes halogenated alkanes) is 3. The molecule has 1 aromatic heterocycles. The van der Waals surface area contributed by atoms with Gasteiger partial charge in [-0.3, -0.25) is 9.28 Å². The quantitative estimate of drug-likeness (QED) is 0.315. The number of carbonyl (C=O) groups is 1. The molecule has 0 saturated heterocycles. The summed E-state index contributed by atoms with van der Waals surface area (Å²) in [4.78, 5) is 11.9. The summed E-state index contributed by atoms with van der Waals surface area (Å²) in [7, 11) is 2.14. The lowest BCUT2D eigenvalue weighted by Crippen LogP contribution is -2.55. The minimum atomic E-state index is -0.183. The molecule has 1 aromatic rings. The van der Waals surface area contributed by atoms with Crippen LogP contribution in [0.5, 0.6) is 5.88 Å². The summed E-state index contributed by atoms with van der Waals surface area (Å²) in [5.74, 6) is 0.527. The standard InChI is InChI=1S/C20H34N3O3S/c1-5-7-8-9-14-25-20-19(21-27-22-20)17-12-10-13-23(4,15-17)16(3)26-18(24)11-6-2/h12,16H,5-11,13-15H2,1-4H3/q+1/t16-,23?/m0/s1. The number of hydrogen-bond acceptors (Lipinski definition) is 6. The third-order valence-electron chi connectivity index (χ3n) is 5.20. The molecule has 27 heavy (non-hydrogen) atoms. The van der Waals surface area contributed by atoms with Gasteiger partial charge in [-0.2, -0.15) is 4.37 Å². The maximum absolute atomic E-state index is 11.9. The van der Waals surface area contributed by atoms with E-state index in [0.717, 1.165) is 43.6 Å². The van der Waals surface area contributed by atoms with E-state index in [9.17, 15) is 4.79 Å². The minimum absolute atomic E-state index is 0.119. The van der Waals surface area contributed by atoms with E-state index >= 15 is 0 Å². The van der Waals surface area contributed by atoms with Gasteiger partial charge in [0.25, 0.3) is 5.88 Å². The maximum Gasteiger partial charge on any atom is 0.310 e. The van der Waals surface area contributed by atoms with Crippen LogP contribution < -0.4 is 4.74 Å². The Balaban J connectivity index is 1.98. The largest absolute Gasteiger partial charge is 0.475 e. The van der Waals surface area contributed by atoms with Gasteiger partial charge in [-0.05, 0) is 12.8 Å². The van der Waals surface area contributed by atoms with E-state index in [1.807, 2.05) is 13.8 Å². The molecule has 7 heteroatoms. The third-order valence-corrected chi connectivity index (χ3v) is 5.71. The number of rotatable bonds is 11. The number of ether oxygens (including phenoxy) is 2. The highest BCUT2D eigenvalue weighted by molar-refractivity contribution is 6.99. The molecule has 0 aromatic carbocycles. The molecule has 1 aliphatic rings. The van der Waals surface area contributed by atoms with Gasteiger partial charge in [0.2, 0.25) is 6.23 Å². The van der Waals surface area contributed by atoms with Crippen molar-refractivity contribution in [3.63, 3.8) is 0 Å². The van der Waals surface area contributed by atoms with Crippen molar-refractivity contribution < 1.29 is 18.8 Å². The zero-order valence-corrected chi connectivity index (χ0v) is 18.0. The van der Waals surface area contributed by atoms with E-state index in [2.05, 4.69) is 28.8 Å². The first-order valence-electron chi connectivity index (χ1n) is 10.2. The Bertz CT molecular complexity index is 632. The number of likely N-dealkylation sites (N-methyl/N-ethyl adjacent to an activating group) is 1. The van der Waals surface area contributed by atoms with Crippen LogP contribution in [0.4, 0.5) is 0 Å². The second kappa shape index (κ2) is 10.8. The Morgan fingerprint density at radius 3 is 2.81 bits per heavy atom. The number of nitrogens with zero attached hydrogens (tertiary/aromatic N) is 3. The van der Waals surface area contributed by atoms with E-state index in [1.54, 1.807) is 0 Å². The molecule has 1 aliphatic heterocycles. The highest BCUT2D eigenvalue weighted by Crippen LogP contribution is 2.31. The van der Waals surface area contributed by atoms with Crippen LogP contribution in [-0.2, 0) is 9.53 Å². The summed E-state index contributed by atoms with van der Waals surface area (Å²) in [6, 6.07) is 0. The van der Waals surface area contributed by atoms with Gasteiger partial charge in [-0.15, -0.1) is 4.37 Å². The van der Waals surface area contributed by atoms with Crippen LogP contribution >= 0.6 is 11.7 Å². The van der Waals surface area contributed by atoms with Crippen molar-refractivity contribution in [3.05, 3.63) is 11.8 Å². The van der Waals surface area contributed by atoms with Gasteiger partial charge in [0.05, 0.1) is 31.9 Å². The Morgan fingerprint density at radius 2 is 2.07 bits per heavy atom. The van der Waals surface area contributed by atoms with Crippen molar-refractivity contribution in [1.82, 2.24) is 8.75 Å².